The van der Waals surface area contributed by atoms with Gasteiger partial charge in [-0.15, -0.1) is 0 Å². The number of rotatable bonds is 12. The van der Waals surface area contributed by atoms with Crippen LogP contribution in [-0.2, 0) is 4.74 Å². The van der Waals surface area contributed by atoms with E-state index in [9.17, 15) is 0 Å². The molecule has 2 rings (SSSR count). The van der Waals surface area contributed by atoms with Crippen molar-refractivity contribution >= 4 is 0 Å². The van der Waals surface area contributed by atoms with Crippen molar-refractivity contribution in [3.05, 3.63) is 12.2 Å². The molecule has 1 nitrogen and oxygen atoms in total. The highest BCUT2D eigenvalue weighted by Crippen LogP contribution is 2.36. The molecule has 0 aliphatic heterocycles. The Hall–Kier alpha value is -0.300. The van der Waals surface area contributed by atoms with E-state index >= 15 is 0 Å². The lowest BCUT2D eigenvalue weighted by Gasteiger charge is -2.31. The van der Waals surface area contributed by atoms with E-state index in [1.54, 1.807) is 0 Å². The molecule has 0 aromatic rings. The summed E-state index contributed by atoms with van der Waals surface area (Å²) < 4.78 is 6.08. The van der Waals surface area contributed by atoms with Crippen LogP contribution < -0.4 is 0 Å². The van der Waals surface area contributed by atoms with E-state index in [1.807, 2.05) is 0 Å². The van der Waals surface area contributed by atoms with Gasteiger partial charge in [-0.1, -0.05) is 64.5 Å². The fraction of sp³-hybridized carbons (Fsp3) is 0.920. The third-order valence-electron chi connectivity index (χ3n) is 6.90. The Morgan fingerprint density at radius 3 is 1.96 bits per heavy atom. The van der Waals surface area contributed by atoms with E-state index in [-0.39, 0.29) is 0 Å². The first-order chi connectivity index (χ1) is 12.8. The molecule has 0 heterocycles. The van der Waals surface area contributed by atoms with Crippen molar-refractivity contribution in [2.75, 3.05) is 6.61 Å². The minimum absolute atomic E-state index is 0.582. The van der Waals surface area contributed by atoms with E-state index < -0.39 is 0 Å². The summed E-state index contributed by atoms with van der Waals surface area (Å²) in [6, 6.07) is 0. The molecule has 0 aromatic carbocycles. The lowest BCUT2D eigenvalue weighted by molar-refractivity contribution is 0.0146. The van der Waals surface area contributed by atoms with Gasteiger partial charge in [-0.25, -0.2) is 0 Å². The summed E-state index contributed by atoms with van der Waals surface area (Å²) in [7, 11) is 0. The van der Waals surface area contributed by atoms with Crippen LogP contribution in [0, 0.1) is 17.8 Å². The largest absolute Gasteiger partial charge is 0.378 e. The average Bonchev–Trinajstić information content (AvgIpc) is 2.69. The summed E-state index contributed by atoms with van der Waals surface area (Å²) in [5.74, 6) is 2.92. The zero-order valence-electron chi connectivity index (χ0n) is 17.9. The standard InChI is InChI=1S/C25H46O/c1-3-5-7-8-10-22-11-13-23(14-12-22)15-16-24-17-19-25(20-18-24)26-21-9-6-4-2/h8,10,22-25H,3-7,9,11-21H2,1-2H3/b10-8+. The Morgan fingerprint density at radius 2 is 1.35 bits per heavy atom. The van der Waals surface area contributed by atoms with Crippen molar-refractivity contribution in [1.82, 2.24) is 0 Å². The highest BCUT2D eigenvalue weighted by molar-refractivity contribution is 4.91. The highest BCUT2D eigenvalue weighted by Gasteiger charge is 2.24. The molecule has 152 valence electrons. The van der Waals surface area contributed by atoms with Crippen LogP contribution in [0.2, 0.25) is 0 Å². The molecule has 0 bridgehead atoms. The summed E-state index contributed by atoms with van der Waals surface area (Å²) in [5.41, 5.74) is 0. The molecule has 2 fully saturated rings. The first kappa shape index (κ1) is 22.0. The summed E-state index contributed by atoms with van der Waals surface area (Å²) in [6.45, 7) is 5.55. The predicted molar refractivity (Wildman–Crippen MR) is 115 cm³/mol. The second-order valence-corrected chi connectivity index (χ2v) is 9.15. The second kappa shape index (κ2) is 13.8. The van der Waals surface area contributed by atoms with Crippen LogP contribution in [0.1, 0.15) is 117 Å². The molecule has 26 heavy (non-hydrogen) atoms. The van der Waals surface area contributed by atoms with Gasteiger partial charge in [0.05, 0.1) is 6.10 Å². The smallest absolute Gasteiger partial charge is 0.0575 e. The van der Waals surface area contributed by atoms with Gasteiger partial charge in [-0.2, -0.15) is 0 Å². The molecule has 1 heteroatoms. The molecule has 0 unspecified atom stereocenters. The topological polar surface area (TPSA) is 9.23 Å². The number of hydrogen-bond acceptors (Lipinski definition) is 1. The number of hydrogen-bond donors (Lipinski definition) is 0. The Morgan fingerprint density at radius 1 is 0.731 bits per heavy atom. The van der Waals surface area contributed by atoms with Gasteiger partial charge in [0.15, 0.2) is 0 Å². The Kier molecular flexibility index (Phi) is 11.7. The molecule has 0 aromatic heterocycles. The fourth-order valence-corrected chi connectivity index (χ4v) is 4.94. The maximum Gasteiger partial charge on any atom is 0.0575 e. The van der Waals surface area contributed by atoms with Crippen molar-refractivity contribution in [3.63, 3.8) is 0 Å². The molecular formula is C25H46O. The number of unbranched alkanes of at least 4 members (excludes halogenated alkanes) is 4. The molecule has 0 atom stereocenters. The predicted octanol–water partition coefficient (Wildman–Crippen LogP) is 8.09. The average molecular weight is 363 g/mol. The zero-order valence-corrected chi connectivity index (χ0v) is 17.9. The van der Waals surface area contributed by atoms with E-state index in [2.05, 4.69) is 26.0 Å². The molecule has 2 saturated carbocycles. The summed E-state index contributed by atoms with van der Waals surface area (Å²) >= 11 is 0. The van der Waals surface area contributed by atoms with Gasteiger partial charge in [0, 0.05) is 6.61 Å². The van der Waals surface area contributed by atoms with Crippen molar-refractivity contribution in [2.24, 2.45) is 17.8 Å². The van der Waals surface area contributed by atoms with Crippen LogP contribution in [0.25, 0.3) is 0 Å². The highest BCUT2D eigenvalue weighted by atomic mass is 16.5. The van der Waals surface area contributed by atoms with Gasteiger partial charge in [-0.3, -0.25) is 0 Å². The fourth-order valence-electron chi connectivity index (χ4n) is 4.94. The van der Waals surface area contributed by atoms with Crippen LogP contribution >= 0.6 is 0 Å². The molecule has 0 radical (unpaired) electrons. The van der Waals surface area contributed by atoms with Crippen LogP contribution in [-0.4, -0.2) is 12.7 Å². The van der Waals surface area contributed by atoms with Crippen LogP contribution in [0.5, 0.6) is 0 Å². The molecule has 2 aliphatic carbocycles. The molecule has 0 spiro atoms. The minimum Gasteiger partial charge on any atom is -0.378 e. The van der Waals surface area contributed by atoms with Crippen molar-refractivity contribution in [3.8, 4) is 0 Å². The SMILES string of the molecule is CCCC/C=C/C1CCC(CCC2CCC(OCCCCC)CC2)CC1. The van der Waals surface area contributed by atoms with Crippen LogP contribution in [0.3, 0.4) is 0 Å². The summed E-state index contributed by atoms with van der Waals surface area (Å²) in [6.07, 6.45) is 27.8. The lowest BCUT2D eigenvalue weighted by atomic mass is 9.77. The normalized spacial score (nSPS) is 30.1. The van der Waals surface area contributed by atoms with E-state index in [0.29, 0.717) is 6.10 Å². The van der Waals surface area contributed by atoms with E-state index in [4.69, 9.17) is 4.74 Å². The maximum atomic E-state index is 6.08. The quantitative estimate of drug-likeness (QED) is 0.252. The van der Waals surface area contributed by atoms with Crippen LogP contribution in [0.15, 0.2) is 12.2 Å². The lowest BCUT2D eigenvalue weighted by Crippen LogP contribution is -2.23. The maximum absolute atomic E-state index is 6.08. The molecule has 0 N–H and O–H groups in total. The Labute approximate surface area is 164 Å². The van der Waals surface area contributed by atoms with Gasteiger partial charge in [0.2, 0.25) is 0 Å². The van der Waals surface area contributed by atoms with Crippen LogP contribution in [0.4, 0.5) is 0 Å². The molecule has 2 aliphatic rings. The number of ether oxygens (including phenoxy) is 1. The molecule has 0 saturated heterocycles. The third-order valence-corrected chi connectivity index (χ3v) is 6.90. The summed E-state index contributed by atoms with van der Waals surface area (Å²) in [4.78, 5) is 0. The van der Waals surface area contributed by atoms with E-state index in [0.717, 1.165) is 24.4 Å². The van der Waals surface area contributed by atoms with Crippen molar-refractivity contribution < 1.29 is 4.74 Å². The third kappa shape index (κ3) is 9.07. The van der Waals surface area contributed by atoms with Gasteiger partial charge in [0.25, 0.3) is 0 Å². The minimum atomic E-state index is 0.582. The number of allylic oxidation sites excluding steroid dienone is 2. The monoisotopic (exact) mass is 362 g/mol. The molecule has 0 amide bonds. The second-order valence-electron chi connectivity index (χ2n) is 9.15. The summed E-state index contributed by atoms with van der Waals surface area (Å²) in [5, 5.41) is 0. The Balaban J connectivity index is 1.50. The van der Waals surface area contributed by atoms with Gasteiger partial charge >= 0.3 is 0 Å². The van der Waals surface area contributed by atoms with Gasteiger partial charge < -0.3 is 4.74 Å². The van der Waals surface area contributed by atoms with Gasteiger partial charge in [-0.05, 0) is 82.0 Å². The van der Waals surface area contributed by atoms with Gasteiger partial charge in [0.1, 0.15) is 0 Å². The first-order valence-corrected chi connectivity index (χ1v) is 12.1. The molecular weight excluding hydrogens is 316 g/mol. The first-order valence-electron chi connectivity index (χ1n) is 12.1. The van der Waals surface area contributed by atoms with E-state index in [1.165, 1.54) is 103 Å². The Bertz CT molecular complexity index is 345. The zero-order chi connectivity index (χ0) is 18.5. The van der Waals surface area contributed by atoms with Crippen molar-refractivity contribution in [2.45, 2.75) is 123 Å². The van der Waals surface area contributed by atoms with Crippen molar-refractivity contribution in [1.29, 1.82) is 0 Å².